The quantitative estimate of drug-likeness (QED) is 0.566. The van der Waals surface area contributed by atoms with Gasteiger partial charge in [-0.05, 0) is 67.1 Å². The highest BCUT2D eigenvalue weighted by atomic mass is 32.2. The highest BCUT2D eigenvalue weighted by Gasteiger charge is 2.29. The number of methoxy groups -OCH3 is 2. The second-order valence-corrected chi connectivity index (χ2v) is 9.47. The van der Waals surface area contributed by atoms with Crippen molar-refractivity contribution >= 4 is 15.8 Å². The third-order valence-corrected chi connectivity index (χ3v) is 7.50. The van der Waals surface area contributed by atoms with Crippen LogP contribution < -0.4 is 14.4 Å². The maximum atomic E-state index is 13.1. The van der Waals surface area contributed by atoms with Gasteiger partial charge in [0, 0.05) is 31.7 Å². The molecule has 4 rings (SSSR count). The molecule has 1 aliphatic rings. The van der Waals surface area contributed by atoms with Gasteiger partial charge in [-0.25, -0.2) is 8.42 Å². The summed E-state index contributed by atoms with van der Waals surface area (Å²) in [6.07, 6.45) is 0. The number of sulfonamides is 1. The summed E-state index contributed by atoms with van der Waals surface area (Å²) in [5.74, 6) is 2.20. The van der Waals surface area contributed by atoms with Crippen LogP contribution in [-0.2, 0) is 10.0 Å². The van der Waals surface area contributed by atoms with Crippen molar-refractivity contribution < 1.29 is 17.9 Å². The standard InChI is InChI=1S/C23H26N4O4S/c1-17-16-20(8-10-22(17)31-3)32(28,29)27-14-12-26(13-15-27)23-11-9-21(24-25-23)18-4-6-19(30-2)7-5-18/h4-11,16H,12-15H2,1-3H3. The molecule has 9 heteroatoms. The van der Waals surface area contributed by atoms with E-state index in [0.717, 1.165) is 28.4 Å². The van der Waals surface area contributed by atoms with E-state index < -0.39 is 10.0 Å². The topological polar surface area (TPSA) is 84.9 Å². The molecule has 0 amide bonds. The molecule has 1 saturated heterocycles. The zero-order chi connectivity index (χ0) is 22.7. The Kier molecular flexibility index (Phi) is 6.29. The van der Waals surface area contributed by atoms with Crippen LogP contribution in [0.3, 0.4) is 0 Å². The maximum Gasteiger partial charge on any atom is 0.243 e. The Labute approximate surface area is 188 Å². The van der Waals surface area contributed by atoms with Crippen molar-refractivity contribution in [2.24, 2.45) is 0 Å². The Hall–Kier alpha value is -3.17. The predicted molar refractivity (Wildman–Crippen MR) is 123 cm³/mol. The average Bonchev–Trinajstić information content (AvgIpc) is 2.84. The van der Waals surface area contributed by atoms with E-state index in [-0.39, 0.29) is 4.90 Å². The van der Waals surface area contributed by atoms with Gasteiger partial charge in [0.15, 0.2) is 5.82 Å². The third-order valence-electron chi connectivity index (χ3n) is 5.60. The van der Waals surface area contributed by atoms with E-state index in [1.165, 1.54) is 4.31 Å². The molecular weight excluding hydrogens is 428 g/mol. The summed E-state index contributed by atoms with van der Waals surface area (Å²) < 4.78 is 38.1. The van der Waals surface area contributed by atoms with Crippen LogP contribution in [0.4, 0.5) is 5.82 Å². The molecule has 0 N–H and O–H groups in total. The molecule has 2 heterocycles. The smallest absolute Gasteiger partial charge is 0.243 e. The Morgan fingerprint density at radius 2 is 1.56 bits per heavy atom. The highest BCUT2D eigenvalue weighted by molar-refractivity contribution is 7.89. The van der Waals surface area contributed by atoms with E-state index in [4.69, 9.17) is 9.47 Å². The van der Waals surface area contributed by atoms with Crippen LogP contribution in [-0.4, -0.2) is 63.3 Å². The predicted octanol–water partition coefficient (Wildman–Crippen LogP) is 2.98. The lowest BCUT2D eigenvalue weighted by atomic mass is 10.1. The second kappa shape index (κ2) is 9.13. The number of anilines is 1. The van der Waals surface area contributed by atoms with E-state index in [2.05, 4.69) is 15.1 Å². The number of ether oxygens (including phenoxy) is 2. The van der Waals surface area contributed by atoms with Gasteiger partial charge in [-0.2, -0.15) is 4.31 Å². The molecule has 168 valence electrons. The molecule has 2 aromatic carbocycles. The molecule has 0 spiro atoms. The first kappa shape index (κ1) is 22.0. The van der Waals surface area contributed by atoms with Crippen molar-refractivity contribution in [2.75, 3.05) is 45.3 Å². The van der Waals surface area contributed by atoms with E-state index in [1.807, 2.05) is 43.3 Å². The summed E-state index contributed by atoms with van der Waals surface area (Å²) >= 11 is 0. The molecule has 0 unspecified atom stereocenters. The van der Waals surface area contributed by atoms with Gasteiger partial charge in [0.25, 0.3) is 0 Å². The molecule has 3 aromatic rings. The maximum absolute atomic E-state index is 13.1. The highest BCUT2D eigenvalue weighted by Crippen LogP contribution is 2.26. The first-order chi connectivity index (χ1) is 15.4. The zero-order valence-electron chi connectivity index (χ0n) is 18.4. The Balaban J connectivity index is 1.42. The first-order valence-electron chi connectivity index (χ1n) is 10.3. The van der Waals surface area contributed by atoms with Gasteiger partial charge in [0.1, 0.15) is 11.5 Å². The van der Waals surface area contributed by atoms with E-state index >= 15 is 0 Å². The second-order valence-electron chi connectivity index (χ2n) is 7.53. The monoisotopic (exact) mass is 454 g/mol. The lowest BCUT2D eigenvalue weighted by Crippen LogP contribution is -2.49. The minimum Gasteiger partial charge on any atom is -0.497 e. The van der Waals surface area contributed by atoms with Crippen LogP contribution >= 0.6 is 0 Å². The van der Waals surface area contributed by atoms with Crippen LogP contribution in [0, 0.1) is 6.92 Å². The van der Waals surface area contributed by atoms with Crippen molar-refractivity contribution in [2.45, 2.75) is 11.8 Å². The van der Waals surface area contributed by atoms with Gasteiger partial charge in [0.05, 0.1) is 24.8 Å². The fourth-order valence-electron chi connectivity index (χ4n) is 3.73. The Bertz CT molecular complexity index is 1170. The summed E-state index contributed by atoms with van der Waals surface area (Å²) in [5, 5.41) is 8.71. The zero-order valence-corrected chi connectivity index (χ0v) is 19.2. The molecular formula is C23H26N4O4S. The fraction of sp³-hybridized carbons (Fsp3) is 0.304. The van der Waals surface area contributed by atoms with E-state index in [1.54, 1.807) is 32.4 Å². The number of hydrogen-bond acceptors (Lipinski definition) is 7. The lowest BCUT2D eigenvalue weighted by molar-refractivity contribution is 0.383. The van der Waals surface area contributed by atoms with Gasteiger partial charge in [0.2, 0.25) is 10.0 Å². The van der Waals surface area contributed by atoms with Gasteiger partial charge >= 0.3 is 0 Å². The summed E-state index contributed by atoms with van der Waals surface area (Å²) in [6, 6.07) is 16.4. The van der Waals surface area contributed by atoms with Crippen molar-refractivity contribution in [1.82, 2.24) is 14.5 Å². The van der Waals surface area contributed by atoms with Gasteiger partial charge in [-0.1, -0.05) is 0 Å². The van der Waals surface area contributed by atoms with Crippen molar-refractivity contribution in [3.05, 3.63) is 60.2 Å². The molecule has 1 fully saturated rings. The van der Waals surface area contributed by atoms with Gasteiger partial charge in [-0.3, -0.25) is 0 Å². The van der Waals surface area contributed by atoms with Crippen LogP contribution in [0.5, 0.6) is 11.5 Å². The molecule has 32 heavy (non-hydrogen) atoms. The Morgan fingerprint density at radius 1 is 0.844 bits per heavy atom. The molecule has 0 bridgehead atoms. The van der Waals surface area contributed by atoms with Crippen LogP contribution in [0.15, 0.2) is 59.5 Å². The SMILES string of the molecule is COc1ccc(-c2ccc(N3CCN(S(=O)(=O)c4ccc(OC)c(C)c4)CC3)nn2)cc1. The van der Waals surface area contributed by atoms with Crippen LogP contribution in [0.1, 0.15) is 5.56 Å². The molecule has 0 radical (unpaired) electrons. The van der Waals surface area contributed by atoms with Gasteiger partial charge < -0.3 is 14.4 Å². The summed E-state index contributed by atoms with van der Waals surface area (Å²) in [4.78, 5) is 2.34. The fourth-order valence-corrected chi connectivity index (χ4v) is 5.24. The number of rotatable bonds is 6. The first-order valence-corrected chi connectivity index (χ1v) is 11.7. The minimum atomic E-state index is -3.56. The van der Waals surface area contributed by atoms with Crippen molar-refractivity contribution in [3.63, 3.8) is 0 Å². The minimum absolute atomic E-state index is 0.285. The van der Waals surface area contributed by atoms with Crippen molar-refractivity contribution in [3.8, 4) is 22.8 Å². The number of nitrogens with zero attached hydrogens (tertiary/aromatic N) is 4. The van der Waals surface area contributed by atoms with Gasteiger partial charge in [-0.15, -0.1) is 10.2 Å². The number of aromatic nitrogens is 2. The molecule has 8 nitrogen and oxygen atoms in total. The molecule has 0 atom stereocenters. The van der Waals surface area contributed by atoms with Crippen molar-refractivity contribution in [1.29, 1.82) is 0 Å². The van der Waals surface area contributed by atoms with Crippen LogP contribution in [0.2, 0.25) is 0 Å². The van der Waals surface area contributed by atoms with Crippen LogP contribution in [0.25, 0.3) is 11.3 Å². The van der Waals surface area contributed by atoms with E-state index in [0.29, 0.717) is 31.9 Å². The average molecular weight is 455 g/mol. The summed E-state index contributed by atoms with van der Waals surface area (Å²) in [7, 11) is -0.356. The molecule has 1 aliphatic heterocycles. The number of benzene rings is 2. The van der Waals surface area contributed by atoms with E-state index in [9.17, 15) is 8.42 Å². The molecule has 0 saturated carbocycles. The number of piperazine rings is 1. The number of hydrogen-bond donors (Lipinski definition) is 0. The summed E-state index contributed by atoms with van der Waals surface area (Å²) in [6.45, 7) is 3.70. The lowest BCUT2D eigenvalue weighted by Gasteiger charge is -2.34. The molecule has 1 aromatic heterocycles. The summed E-state index contributed by atoms with van der Waals surface area (Å²) in [5.41, 5.74) is 2.52. The normalized spacial score (nSPS) is 14.9. The Morgan fingerprint density at radius 3 is 2.12 bits per heavy atom. The number of aryl methyl sites for hydroxylation is 1. The largest absolute Gasteiger partial charge is 0.497 e. The molecule has 0 aliphatic carbocycles. The third kappa shape index (κ3) is 4.39.